The van der Waals surface area contributed by atoms with Crippen LogP contribution in [0.25, 0.3) is 10.2 Å². The summed E-state index contributed by atoms with van der Waals surface area (Å²) in [4.78, 5) is 21.3. The fourth-order valence-corrected chi connectivity index (χ4v) is 2.91. The topological polar surface area (TPSA) is 61.3 Å². The van der Waals surface area contributed by atoms with Gasteiger partial charge in [-0.05, 0) is 12.5 Å². The van der Waals surface area contributed by atoms with Crippen molar-refractivity contribution in [3.05, 3.63) is 16.1 Å². The van der Waals surface area contributed by atoms with Crippen LogP contribution in [0, 0.1) is 5.92 Å². The third kappa shape index (κ3) is 4.28. The van der Waals surface area contributed by atoms with E-state index in [-0.39, 0.29) is 17.9 Å². The fraction of sp³-hybridized carbons (Fsp3) is 0.500. The van der Waals surface area contributed by atoms with E-state index in [2.05, 4.69) is 16.9 Å². The molecule has 5 nitrogen and oxygen atoms in total. The standard InChI is InChI=1S/C14H17ClN2O3S/c1-4-10-5-11-12(15)16-14(17-13(11)21-10)20-7-8(2)6-19-9(3)18/h5,8H,4,6-7H2,1-3H3. The van der Waals surface area contributed by atoms with Crippen molar-refractivity contribution in [1.82, 2.24) is 9.97 Å². The Bertz CT molecular complexity index is 644. The first kappa shape index (κ1) is 16.0. The molecule has 2 aromatic heterocycles. The van der Waals surface area contributed by atoms with Gasteiger partial charge in [0.2, 0.25) is 0 Å². The zero-order valence-electron chi connectivity index (χ0n) is 12.2. The van der Waals surface area contributed by atoms with E-state index in [1.54, 1.807) is 11.3 Å². The van der Waals surface area contributed by atoms with Crippen LogP contribution in [0.3, 0.4) is 0 Å². The number of halogens is 1. The van der Waals surface area contributed by atoms with Crippen molar-refractivity contribution >= 4 is 39.1 Å². The average molecular weight is 329 g/mol. The van der Waals surface area contributed by atoms with Gasteiger partial charge >= 0.3 is 12.0 Å². The summed E-state index contributed by atoms with van der Waals surface area (Å²) in [6, 6.07) is 2.27. The van der Waals surface area contributed by atoms with Crippen LogP contribution < -0.4 is 4.74 Å². The molecule has 21 heavy (non-hydrogen) atoms. The summed E-state index contributed by atoms with van der Waals surface area (Å²) >= 11 is 7.75. The summed E-state index contributed by atoms with van der Waals surface area (Å²) in [7, 11) is 0. The number of hydrogen-bond acceptors (Lipinski definition) is 6. The average Bonchev–Trinajstić information content (AvgIpc) is 2.86. The van der Waals surface area contributed by atoms with Gasteiger partial charge in [0, 0.05) is 23.1 Å². The first-order valence-corrected chi connectivity index (χ1v) is 7.91. The fourth-order valence-electron chi connectivity index (χ4n) is 1.68. The molecule has 0 radical (unpaired) electrons. The second-order valence-corrected chi connectivity index (χ2v) is 6.27. The van der Waals surface area contributed by atoms with E-state index >= 15 is 0 Å². The number of thiophene rings is 1. The molecule has 2 rings (SSSR count). The molecular formula is C14H17ClN2O3S. The largest absolute Gasteiger partial charge is 0.465 e. The van der Waals surface area contributed by atoms with Gasteiger partial charge in [-0.2, -0.15) is 9.97 Å². The molecule has 0 saturated heterocycles. The Morgan fingerprint density at radius 3 is 2.86 bits per heavy atom. The van der Waals surface area contributed by atoms with Gasteiger partial charge in [-0.25, -0.2) is 0 Å². The van der Waals surface area contributed by atoms with Crippen LogP contribution in [0.2, 0.25) is 5.15 Å². The van der Waals surface area contributed by atoms with Crippen LogP contribution >= 0.6 is 22.9 Å². The van der Waals surface area contributed by atoms with Gasteiger partial charge in [0.25, 0.3) is 0 Å². The number of aryl methyl sites for hydroxylation is 1. The predicted octanol–water partition coefficient (Wildman–Crippen LogP) is 3.49. The highest BCUT2D eigenvalue weighted by Gasteiger charge is 2.12. The lowest BCUT2D eigenvalue weighted by molar-refractivity contribution is -0.142. The number of carbonyl (C=O) groups is 1. The van der Waals surface area contributed by atoms with Gasteiger partial charge in [0.15, 0.2) is 0 Å². The lowest BCUT2D eigenvalue weighted by atomic mass is 10.2. The molecule has 0 aromatic carbocycles. The van der Waals surface area contributed by atoms with E-state index in [1.807, 2.05) is 13.0 Å². The summed E-state index contributed by atoms with van der Waals surface area (Å²) in [6.07, 6.45) is 0.937. The molecule has 1 unspecified atom stereocenters. The number of hydrogen-bond donors (Lipinski definition) is 0. The minimum absolute atomic E-state index is 0.0570. The maximum Gasteiger partial charge on any atom is 0.319 e. The Labute approximate surface area is 132 Å². The van der Waals surface area contributed by atoms with E-state index in [9.17, 15) is 4.79 Å². The van der Waals surface area contributed by atoms with Gasteiger partial charge in [-0.15, -0.1) is 11.3 Å². The van der Waals surface area contributed by atoms with Gasteiger partial charge in [0.05, 0.1) is 13.2 Å². The molecule has 0 N–H and O–H groups in total. The molecule has 0 amide bonds. The first-order chi connectivity index (χ1) is 9.99. The summed E-state index contributed by atoms with van der Waals surface area (Å²) in [6.45, 7) is 6.06. The lowest BCUT2D eigenvalue weighted by Crippen LogP contribution is -2.17. The van der Waals surface area contributed by atoms with Crippen LogP contribution in [0.4, 0.5) is 0 Å². The SMILES string of the molecule is CCc1cc2c(Cl)nc(OCC(C)COC(C)=O)nc2s1. The highest BCUT2D eigenvalue weighted by Crippen LogP contribution is 2.30. The molecule has 0 saturated carbocycles. The zero-order valence-corrected chi connectivity index (χ0v) is 13.8. The van der Waals surface area contributed by atoms with Crippen molar-refractivity contribution in [2.45, 2.75) is 27.2 Å². The zero-order chi connectivity index (χ0) is 15.4. The third-order valence-corrected chi connectivity index (χ3v) is 4.25. The number of esters is 1. The summed E-state index contributed by atoms with van der Waals surface area (Å²) < 4.78 is 10.5. The third-order valence-electron chi connectivity index (χ3n) is 2.79. The maximum atomic E-state index is 10.7. The molecule has 0 aliphatic rings. The molecule has 0 aliphatic heterocycles. The second-order valence-electron chi connectivity index (χ2n) is 4.80. The van der Waals surface area contributed by atoms with E-state index in [0.29, 0.717) is 18.4 Å². The molecule has 2 aromatic rings. The number of aromatic nitrogens is 2. The quantitative estimate of drug-likeness (QED) is 0.600. The minimum Gasteiger partial charge on any atom is -0.465 e. The second kappa shape index (κ2) is 7.04. The molecule has 0 aliphatic carbocycles. The van der Waals surface area contributed by atoms with E-state index < -0.39 is 0 Å². The summed E-state index contributed by atoms with van der Waals surface area (Å²) in [5.74, 6) is -0.241. The monoisotopic (exact) mass is 328 g/mol. The van der Waals surface area contributed by atoms with Gasteiger partial charge in [-0.1, -0.05) is 25.4 Å². The van der Waals surface area contributed by atoms with Crippen molar-refractivity contribution in [1.29, 1.82) is 0 Å². The molecule has 0 bridgehead atoms. The molecule has 7 heteroatoms. The van der Waals surface area contributed by atoms with Crippen LogP contribution in [-0.4, -0.2) is 29.2 Å². The molecule has 114 valence electrons. The Hall–Kier alpha value is -1.40. The van der Waals surface area contributed by atoms with Crippen LogP contribution in [-0.2, 0) is 16.0 Å². The number of nitrogens with zero attached hydrogens (tertiary/aromatic N) is 2. The minimum atomic E-state index is -0.298. The predicted molar refractivity (Wildman–Crippen MR) is 83.1 cm³/mol. The van der Waals surface area contributed by atoms with Crippen molar-refractivity contribution in [3.63, 3.8) is 0 Å². The van der Waals surface area contributed by atoms with E-state index in [0.717, 1.165) is 16.6 Å². The van der Waals surface area contributed by atoms with Crippen LogP contribution in [0.5, 0.6) is 6.01 Å². The summed E-state index contributed by atoms with van der Waals surface area (Å²) in [5.41, 5.74) is 0. The molecule has 0 fully saturated rings. The van der Waals surface area contributed by atoms with Gasteiger partial charge in [-0.3, -0.25) is 4.79 Å². The molecule has 2 heterocycles. The lowest BCUT2D eigenvalue weighted by Gasteiger charge is -2.11. The Morgan fingerprint density at radius 2 is 2.19 bits per heavy atom. The first-order valence-electron chi connectivity index (χ1n) is 6.71. The molecular weight excluding hydrogens is 312 g/mol. The van der Waals surface area contributed by atoms with E-state index in [4.69, 9.17) is 21.1 Å². The highest BCUT2D eigenvalue weighted by atomic mass is 35.5. The smallest absolute Gasteiger partial charge is 0.319 e. The molecule has 1 atom stereocenters. The number of carbonyl (C=O) groups excluding carboxylic acids is 1. The number of rotatable bonds is 6. The van der Waals surface area contributed by atoms with Crippen LogP contribution in [0.15, 0.2) is 6.07 Å². The number of fused-ring (bicyclic) bond motifs is 1. The Kier molecular flexibility index (Phi) is 5.36. The van der Waals surface area contributed by atoms with Crippen molar-refractivity contribution < 1.29 is 14.3 Å². The van der Waals surface area contributed by atoms with E-state index in [1.165, 1.54) is 11.8 Å². The Balaban J connectivity index is 2.03. The summed E-state index contributed by atoms with van der Waals surface area (Å²) in [5, 5.41) is 1.26. The Morgan fingerprint density at radius 1 is 1.43 bits per heavy atom. The highest BCUT2D eigenvalue weighted by molar-refractivity contribution is 7.18. The number of ether oxygens (including phenoxy) is 2. The van der Waals surface area contributed by atoms with Gasteiger partial charge < -0.3 is 9.47 Å². The van der Waals surface area contributed by atoms with Crippen molar-refractivity contribution in [3.8, 4) is 6.01 Å². The van der Waals surface area contributed by atoms with Gasteiger partial charge in [0.1, 0.15) is 9.98 Å². The maximum absolute atomic E-state index is 10.7. The normalized spacial score (nSPS) is 12.4. The van der Waals surface area contributed by atoms with Crippen LogP contribution in [0.1, 0.15) is 25.6 Å². The van der Waals surface area contributed by atoms with Crippen molar-refractivity contribution in [2.75, 3.05) is 13.2 Å². The molecule has 0 spiro atoms. The van der Waals surface area contributed by atoms with Crippen molar-refractivity contribution in [2.24, 2.45) is 5.92 Å².